The summed E-state index contributed by atoms with van der Waals surface area (Å²) in [6, 6.07) is 8.98. The van der Waals surface area contributed by atoms with Crippen LogP contribution in [0.3, 0.4) is 0 Å². The van der Waals surface area contributed by atoms with Gasteiger partial charge >= 0.3 is 0 Å². The molecule has 1 aliphatic heterocycles. The van der Waals surface area contributed by atoms with Gasteiger partial charge < -0.3 is 14.8 Å². The van der Waals surface area contributed by atoms with Gasteiger partial charge in [0.1, 0.15) is 0 Å². The molecule has 3 rings (SSSR count). The normalized spacial score (nSPS) is 20.9. The van der Waals surface area contributed by atoms with Gasteiger partial charge in [-0.1, -0.05) is 19.9 Å². The lowest BCUT2D eigenvalue weighted by molar-refractivity contribution is 0.287. The quantitative estimate of drug-likeness (QED) is 0.830. The summed E-state index contributed by atoms with van der Waals surface area (Å²) in [5, 5.41) is 4.32. The van der Waals surface area contributed by atoms with E-state index in [2.05, 4.69) is 72.0 Å². The average Bonchev–Trinajstić information content (AvgIpc) is 3.14. The molecule has 24 heavy (non-hydrogen) atoms. The first-order chi connectivity index (χ1) is 11.5. The zero-order chi connectivity index (χ0) is 17.3. The van der Waals surface area contributed by atoms with Crippen molar-refractivity contribution in [1.82, 2.24) is 19.8 Å². The molecule has 0 aliphatic carbocycles. The van der Waals surface area contributed by atoms with E-state index in [-0.39, 0.29) is 12.1 Å². The molecule has 2 aromatic rings. The van der Waals surface area contributed by atoms with E-state index in [1.807, 2.05) is 18.3 Å². The first-order valence-electron chi connectivity index (χ1n) is 8.62. The maximum absolute atomic E-state index is 5.65. The second-order valence-electron chi connectivity index (χ2n) is 7.16. The maximum Gasteiger partial charge on any atom is 0.170 e. The van der Waals surface area contributed by atoms with Gasteiger partial charge in [0.2, 0.25) is 0 Å². The maximum atomic E-state index is 5.65. The predicted octanol–water partition coefficient (Wildman–Crippen LogP) is 4.09. The Morgan fingerprint density at radius 2 is 2.00 bits per heavy atom. The third kappa shape index (κ3) is 3.31. The average molecular weight is 343 g/mol. The van der Waals surface area contributed by atoms with Crippen LogP contribution < -0.4 is 5.32 Å². The van der Waals surface area contributed by atoms with E-state index in [4.69, 9.17) is 12.2 Å². The Labute approximate surface area is 149 Å². The molecule has 1 N–H and O–H groups in total. The van der Waals surface area contributed by atoms with E-state index in [9.17, 15) is 0 Å². The molecule has 1 aliphatic rings. The van der Waals surface area contributed by atoms with E-state index in [0.717, 1.165) is 17.4 Å². The number of nitrogens with zero attached hydrogens (tertiary/aromatic N) is 3. The Morgan fingerprint density at radius 3 is 2.58 bits per heavy atom. The molecule has 0 unspecified atom stereocenters. The summed E-state index contributed by atoms with van der Waals surface area (Å²) < 4.78 is 2.25. The summed E-state index contributed by atoms with van der Waals surface area (Å²) in [7, 11) is 0. The summed E-state index contributed by atoms with van der Waals surface area (Å²) in [6.45, 7) is 9.79. The highest BCUT2D eigenvalue weighted by molar-refractivity contribution is 7.80. The molecule has 0 spiro atoms. The van der Waals surface area contributed by atoms with Crippen LogP contribution in [0.5, 0.6) is 0 Å². The van der Waals surface area contributed by atoms with Gasteiger partial charge in [0.25, 0.3) is 0 Å². The van der Waals surface area contributed by atoms with Crippen molar-refractivity contribution in [2.24, 2.45) is 5.92 Å². The fraction of sp³-hybridized carbons (Fsp3) is 0.474. The molecule has 2 atom stereocenters. The second-order valence-corrected chi connectivity index (χ2v) is 7.55. The smallest absolute Gasteiger partial charge is 0.170 e. The van der Waals surface area contributed by atoms with E-state index in [1.165, 1.54) is 5.56 Å². The molecule has 3 heterocycles. The zero-order valence-electron chi connectivity index (χ0n) is 14.8. The molecule has 4 nitrogen and oxygen atoms in total. The molecule has 0 aromatic carbocycles. The number of hydrogen-bond donors (Lipinski definition) is 1. The summed E-state index contributed by atoms with van der Waals surface area (Å²) in [5.74, 6) is 0.543. The number of pyridine rings is 1. The van der Waals surface area contributed by atoms with Gasteiger partial charge in [-0.15, -0.1) is 0 Å². The molecule has 0 amide bonds. The lowest BCUT2D eigenvalue weighted by Gasteiger charge is -2.28. The Kier molecular flexibility index (Phi) is 4.90. The van der Waals surface area contributed by atoms with Gasteiger partial charge in [-0.05, 0) is 55.7 Å². The molecule has 128 valence electrons. The minimum absolute atomic E-state index is 0.0838. The fourth-order valence-electron chi connectivity index (χ4n) is 3.29. The van der Waals surface area contributed by atoms with Crippen LogP contribution in [0.15, 0.2) is 42.9 Å². The Morgan fingerprint density at radius 1 is 1.21 bits per heavy atom. The summed E-state index contributed by atoms with van der Waals surface area (Å²) in [6.07, 6.45) is 6.25. The first-order valence-corrected chi connectivity index (χ1v) is 9.03. The summed E-state index contributed by atoms with van der Waals surface area (Å²) >= 11 is 5.65. The third-order valence-electron chi connectivity index (χ3n) is 4.43. The molecule has 0 saturated carbocycles. The van der Waals surface area contributed by atoms with Crippen LogP contribution >= 0.6 is 12.2 Å². The van der Waals surface area contributed by atoms with Crippen molar-refractivity contribution < 1.29 is 0 Å². The number of hydrogen-bond acceptors (Lipinski definition) is 2. The van der Waals surface area contributed by atoms with Crippen molar-refractivity contribution in [3.8, 4) is 0 Å². The Balaban J connectivity index is 2.00. The van der Waals surface area contributed by atoms with Crippen molar-refractivity contribution in [1.29, 1.82) is 0 Å². The van der Waals surface area contributed by atoms with Crippen molar-refractivity contribution >= 4 is 17.3 Å². The van der Waals surface area contributed by atoms with Crippen molar-refractivity contribution in [2.75, 3.05) is 6.54 Å². The van der Waals surface area contributed by atoms with Crippen LogP contribution in [-0.2, 0) is 0 Å². The van der Waals surface area contributed by atoms with Crippen molar-refractivity contribution in [2.45, 2.75) is 45.8 Å². The highest BCUT2D eigenvalue weighted by Crippen LogP contribution is 2.39. The largest absolute Gasteiger partial charge is 0.352 e. The summed E-state index contributed by atoms with van der Waals surface area (Å²) in [5.41, 5.74) is 2.32. The topological polar surface area (TPSA) is 33.1 Å². The van der Waals surface area contributed by atoms with E-state index in [1.54, 1.807) is 0 Å². The highest BCUT2D eigenvalue weighted by Gasteiger charge is 2.40. The van der Waals surface area contributed by atoms with Gasteiger partial charge in [-0.25, -0.2) is 0 Å². The second kappa shape index (κ2) is 6.93. The monoisotopic (exact) mass is 342 g/mol. The van der Waals surface area contributed by atoms with E-state index in [0.29, 0.717) is 12.0 Å². The third-order valence-corrected chi connectivity index (χ3v) is 4.79. The van der Waals surface area contributed by atoms with Crippen LogP contribution in [0.25, 0.3) is 0 Å². The zero-order valence-corrected chi connectivity index (χ0v) is 15.6. The molecule has 1 fully saturated rings. The molecule has 2 aromatic heterocycles. The standard InChI is InChI=1S/C19H26N4S/c1-13(2)11-23-18(15-8-10-22(12-15)14(3)4)17(21-19(23)24)16-7-5-6-9-20-16/h5-10,12-14,17-18H,11H2,1-4H3,(H,21,24)/t17-,18-/m0/s1. The summed E-state index contributed by atoms with van der Waals surface area (Å²) in [4.78, 5) is 6.89. The van der Waals surface area contributed by atoms with Gasteiger partial charge in [0, 0.05) is 31.2 Å². The Bertz CT molecular complexity index is 692. The number of rotatable bonds is 5. The van der Waals surface area contributed by atoms with Crippen molar-refractivity contribution in [3.05, 3.63) is 54.1 Å². The van der Waals surface area contributed by atoms with Crippen LogP contribution in [0.1, 0.15) is 57.1 Å². The van der Waals surface area contributed by atoms with Gasteiger partial charge in [0.05, 0.1) is 17.8 Å². The van der Waals surface area contributed by atoms with Gasteiger partial charge in [-0.3, -0.25) is 4.98 Å². The first kappa shape index (κ1) is 17.0. The molecule has 0 bridgehead atoms. The highest BCUT2D eigenvalue weighted by atomic mass is 32.1. The molecule has 5 heteroatoms. The predicted molar refractivity (Wildman–Crippen MR) is 102 cm³/mol. The van der Waals surface area contributed by atoms with Crippen molar-refractivity contribution in [3.63, 3.8) is 0 Å². The molecular formula is C19H26N4S. The van der Waals surface area contributed by atoms with E-state index >= 15 is 0 Å². The molecule has 1 saturated heterocycles. The van der Waals surface area contributed by atoms with E-state index < -0.39 is 0 Å². The van der Waals surface area contributed by atoms with Crippen LogP contribution in [0, 0.1) is 5.92 Å². The SMILES string of the molecule is CC(C)CN1C(=S)N[C@@H](c2ccccn2)[C@@H]1c1ccn(C(C)C)c1. The van der Waals surface area contributed by atoms with Gasteiger partial charge in [0.15, 0.2) is 5.11 Å². The lowest BCUT2D eigenvalue weighted by Crippen LogP contribution is -2.32. The van der Waals surface area contributed by atoms with Gasteiger partial charge in [-0.2, -0.15) is 0 Å². The number of aromatic nitrogens is 2. The lowest BCUT2D eigenvalue weighted by atomic mass is 9.98. The van der Waals surface area contributed by atoms with Crippen LogP contribution in [0.2, 0.25) is 0 Å². The van der Waals surface area contributed by atoms with Crippen LogP contribution in [0.4, 0.5) is 0 Å². The molecule has 0 radical (unpaired) electrons. The minimum atomic E-state index is 0.0838. The fourth-order valence-corrected chi connectivity index (χ4v) is 3.60. The Hall–Kier alpha value is -1.88. The number of thiocarbonyl (C=S) groups is 1. The minimum Gasteiger partial charge on any atom is -0.352 e. The number of nitrogens with one attached hydrogen (secondary N) is 1. The van der Waals surface area contributed by atoms with Crippen LogP contribution in [-0.4, -0.2) is 26.1 Å². The molecular weight excluding hydrogens is 316 g/mol.